The smallest absolute Gasteiger partial charge is 0.239 e. The molecule has 2 saturated heterocycles. The predicted molar refractivity (Wildman–Crippen MR) is 291 cm³/mol. The van der Waals surface area contributed by atoms with Crippen molar-refractivity contribution in [1.82, 2.24) is 24.8 Å². The van der Waals surface area contributed by atoms with Crippen LogP contribution < -0.4 is 19.5 Å². The molecule has 0 bridgehead atoms. The normalized spacial score (nSPS) is 19.3. The average Bonchev–Trinajstić information content (AvgIpc) is 3.30. The van der Waals surface area contributed by atoms with Gasteiger partial charge in [0.25, 0.3) is 0 Å². The van der Waals surface area contributed by atoms with Crippen molar-refractivity contribution in [3.63, 3.8) is 0 Å². The third kappa shape index (κ3) is 18.7. The van der Waals surface area contributed by atoms with E-state index >= 15 is 0 Å². The molecule has 1 amide bonds. The Bertz CT molecular complexity index is 2960. The number of nitrogens with zero attached hydrogens (tertiary/aromatic N) is 7. The van der Waals surface area contributed by atoms with Crippen molar-refractivity contribution in [2.45, 2.75) is 136 Å². The summed E-state index contributed by atoms with van der Waals surface area (Å²) in [5.74, 6) is -4.13. The number of aliphatic carboxylic acids is 1. The van der Waals surface area contributed by atoms with Crippen molar-refractivity contribution < 1.29 is 65.0 Å². The molecule has 3 N–H and O–H groups in total. The lowest BCUT2D eigenvalue weighted by atomic mass is 9.97. The second-order valence-electron chi connectivity index (χ2n) is 20.5. The molecular weight excluding hydrogens is 1040 g/mol. The third-order valence-electron chi connectivity index (χ3n) is 11.8. The van der Waals surface area contributed by atoms with Crippen molar-refractivity contribution >= 4 is 56.0 Å². The molecule has 2 fully saturated rings. The highest BCUT2D eigenvalue weighted by Gasteiger charge is 2.37. The number of ether oxygens (including phenoxy) is 4. The van der Waals surface area contributed by atoms with Gasteiger partial charge >= 0.3 is 0 Å². The van der Waals surface area contributed by atoms with Gasteiger partial charge in [0.05, 0.1) is 72.7 Å². The largest absolute Gasteiger partial charge is 0.550 e. The molecule has 2 aliphatic heterocycles. The molecule has 2 aromatic carbocycles. The molecule has 4 heterocycles. The zero-order valence-corrected chi connectivity index (χ0v) is 48.5. The fourth-order valence-electron chi connectivity index (χ4n) is 8.15. The first-order chi connectivity index (χ1) is 35.6. The van der Waals surface area contributed by atoms with E-state index in [-0.39, 0.29) is 54.7 Å². The molecule has 0 radical (unpaired) electrons. The van der Waals surface area contributed by atoms with Crippen LogP contribution in [0.2, 0.25) is 0 Å². The van der Waals surface area contributed by atoms with E-state index in [0.717, 1.165) is 27.7 Å². The minimum absolute atomic E-state index is 0.00449. The Balaban J connectivity index is 0.000000317. The number of sulfonamides is 2. The lowest BCUT2D eigenvalue weighted by Gasteiger charge is -2.40. The van der Waals surface area contributed by atoms with Crippen LogP contribution in [0.15, 0.2) is 60.7 Å². The summed E-state index contributed by atoms with van der Waals surface area (Å²) in [4.78, 5) is 43.3. The first-order valence-electron chi connectivity index (χ1n) is 25.2. The van der Waals surface area contributed by atoms with Gasteiger partial charge in [0.1, 0.15) is 11.6 Å². The van der Waals surface area contributed by atoms with Crippen LogP contribution in [0.25, 0.3) is 34.7 Å². The summed E-state index contributed by atoms with van der Waals surface area (Å²) >= 11 is 0. The highest BCUT2D eigenvalue weighted by atomic mass is 32.2. The molecule has 0 unspecified atom stereocenters. The van der Waals surface area contributed by atoms with Crippen LogP contribution in [0.3, 0.4) is 0 Å². The molecule has 19 nitrogen and oxygen atoms in total. The van der Waals surface area contributed by atoms with Crippen LogP contribution in [0, 0.1) is 11.6 Å². The number of amides is 1. The van der Waals surface area contributed by atoms with Crippen LogP contribution in [-0.2, 0) is 48.6 Å². The Morgan fingerprint density at radius 2 is 1.00 bits per heavy atom. The number of carboxylic acids is 1. The van der Waals surface area contributed by atoms with E-state index in [1.54, 1.807) is 64.4 Å². The fraction of sp³-hybridized carbons (Fsp3) is 0.519. The number of carbonyl (C=O) groups excluding carboxylic acids is 2. The topological polar surface area (TPSA) is 251 Å². The minimum atomic E-state index is -3.63. The molecule has 2 aromatic heterocycles. The van der Waals surface area contributed by atoms with Gasteiger partial charge in [-0.15, -0.1) is 0 Å². The first-order valence-corrected chi connectivity index (χ1v) is 28.8. The lowest BCUT2D eigenvalue weighted by molar-refractivity contribution is -0.361. The number of anilines is 2. The van der Waals surface area contributed by atoms with Gasteiger partial charge in [-0.2, -0.15) is 0 Å². The van der Waals surface area contributed by atoms with E-state index in [1.807, 2.05) is 60.6 Å². The van der Waals surface area contributed by atoms with Gasteiger partial charge in [0.15, 0.2) is 11.6 Å². The standard InChI is InChI=1S/C27H37FN4O5S.C25H32FN3O6S.C2H7N/c1-17(2)24-22(14-13-20-15-21(16-23(33)31(5)6)37-27(3,4)36-20)25(18-9-11-19(28)12-10-18)30-26(29-24)32(7)38(8,34)35;1-15(2)22-20(12-11-18-13-19(14-21(30)31)35-25(3,4)34-18)23(16-7-9-17(26)10-8-16)28-24(27-22)29(5)36(6,32)33;1-2-3/h9-14,17,20-21H,15-16H2,1-8H3;7-12,15,18-19H,13-14H2,1-6H3,(H,30,31);2-3H2,1H3/b14-13+;12-11+;/t20-,21-;18-,19-;/m11./s1. The predicted octanol–water partition coefficient (Wildman–Crippen LogP) is 6.32. The van der Waals surface area contributed by atoms with Crippen molar-refractivity contribution in [1.29, 1.82) is 0 Å². The lowest BCUT2D eigenvalue weighted by Crippen LogP contribution is -2.48. The Hall–Kier alpha value is -5.82. The van der Waals surface area contributed by atoms with Crippen LogP contribution in [-0.4, -0.2) is 137 Å². The number of carboxylic acid groups (broad SMARTS) is 1. The number of quaternary nitrogens is 1. The Morgan fingerprint density at radius 3 is 1.30 bits per heavy atom. The minimum Gasteiger partial charge on any atom is -0.550 e. The highest BCUT2D eigenvalue weighted by molar-refractivity contribution is 7.92. The maximum Gasteiger partial charge on any atom is 0.239 e. The van der Waals surface area contributed by atoms with Crippen molar-refractivity contribution in [3.05, 3.63) is 94.8 Å². The molecule has 4 atom stereocenters. The monoisotopic (exact) mass is 1110 g/mol. The molecule has 0 saturated carbocycles. The maximum atomic E-state index is 13.7. The van der Waals surface area contributed by atoms with Crippen LogP contribution in [0.1, 0.15) is 122 Å². The Morgan fingerprint density at radius 1 is 0.662 bits per heavy atom. The van der Waals surface area contributed by atoms with Crippen molar-refractivity contribution in [2.75, 3.05) is 55.9 Å². The number of halogens is 2. The first kappa shape index (κ1) is 63.7. The molecule has 6 rings (SSSR count). The van der Waals surface area contributed by atoms with Gasteiger partial charge in [0, 0.05) is 75.7 Å². The highest BCUT2D eigenvalue weighted by Crippen LogP contribution is 2.36. The summed E-state index contributed by atoms with van der Waals surface area (Å²) in [6.45, 7) is 17.8. The SMILES string of the molecule is CC(C)c1nc(N(C)S(C)(=O)=O)nc(-c2ccc(F)cc2)c1/C=C/[C@@H]1C[C@H](CC(=O)N(C)C)OC(C)(C)O1.CC(C)c1nc(N(C)S(C)(=O)=O)nc(-c2ccc(F)cc2)c1/C=C/[C@@H]1C[C@H](CC(=O)[O-])OC(C)(C)O1.CC[NH3+]. The molecule has 424 valence electrons. The van der Waals surface area contributed by atoms with Crippen LogP contribution in [0.4, 0.5) is 20.7 Å². The number of hydrogen-bond acceptors (Lipinski definition) is 15. The number of hydrogen-bond donors (Lipinski definition) is 1. The van der Waals surface area contributed by atoms with Crippen LogP contribution in [0.5, 0.6) is 0 Å². The quantitative estimate of drug-likeness (QED) is 0.129. The molecule has 23 heteroatoms. The van der Waals surface area contributed by atoms with Gasteiger partial charge in [0.2, 0.25) is 37.9 Å². The third-order valence-corrected chi connectivity index (χ3v) is 14.1. The molecular formula is C54H76F2N8O11S2. The molecule has 77 heavy (non-hydrogen) atoms. The van der Waals surface area contributed by atoms with Crippen LogP contribution >= 0.6 is 0 Å². The molecule has 4 aromatic rings. The maximum absolute atomic E-state index is 13.7. The number of aromatic nitrogens is 4. The molecule has 0 aliphatic carbocycles. The van der Waals surface area contributed by atoms with Gasteiger partial charge in [-0.1, -0.05) is 52.0 Å². The summed E-state index contributed by atoms with van der Waals surface area (Å²) in [5, 5.41) is 11.1. The number of rotatable bonds is 16. The number of carbonyl (C=O) groups is 2. The number of benzene rings is 2. The zero-order valence-electron chi connectivity index (χ0n) is 46.8. The molecule has 2 aliphatic rings. The van der Waals surface area contributed by atoms with E-state index in [4.69, 9.17) is 18.9 Å². The second kappa shape index (κ2) is 26.7. The van der Waals surface area contributed by atoms with E-state index in [9.17, 15) is 40.3 Å². The van der Waals surface area contributed by atoms with E-state index in [0.29, 0.717) is 57.9 Å². The van der Waals surface area contributed by atoms with Crippen molar-refractivity contribution in [3.8, 4) is 22.5 Å². The van der Waals surface area contributed by atoms with E-state index in [2.05, 4.69) is 25.7 Å². The summed E-state index contributed by atoms with van der Waals surface area (Å²) < 4.78 is 102. The fourth-order valence-corrected chi connectivity index (χ4v) is 8.90. The van der Waals surface area contributed by atoms with E-state index in [1.165, 1.54) is 43.3 Å². The summed E-state index contributed by atoms with van der Waals surface area (Å²) in [5.41, 5.74) is 8.07. The van der Waals surface area contributed by atoms with Crippen molar-refractivity contribution in [2.24, 2.45) is 0 Å². The van der Waals surface area contributed by atoms with Gasteiger partial charge in [-0.25, -0.2) is 54.2 Å². The van der Waals surface area contributed by atoms with Gasteiger partial charge < -0.3 is 39.5 Å². The summed E-state index contributed by atoms with van der Waals surface area (Å²) in [6, 6.07) is 11.6. The Kier molecular flexibility index (Phi) is 22.1. The van der Waals surface area contributed by atoms with Gasteiger partial charge in [-0.3, -0.25) is 4.79 Å². The Labute approximate surface area is 453 Å². The second-order valence-corrected chi connectivity index (χ2v) is 24.5. The summed E-state index contributed by atoms with van der Waals surface area (Å²) in [7, 11) is -1.07. The summed E-state index contributed by atoms with van der Waals surface area (Å²) in [6.07, 6.45) is 8.43. The van der Waals surface area contributed by atoms with E-state index < -0.39 is 61.4 Å². The average molecular weight is 1120 g/mol. The van der Waals surface area contributed by atoms with Gasteiger partial charge in [-0.05, 0) is 95.0 Å². The zero-order chi connectivity index (χ0) is 58.0. The molecule has 0 spiro atoms.